The van der Waals surface area contributed by atoms with Crippen molar-refractivity contribution in [2.75, 3.05) is 31.1 Å². The fraction of sp³-hybridized carbons (Fsp3) is 0.450. The second-order valence-corrected chi connectivity index (χ2v) is 13.6. The third-order valence-corrected chi connectivity index (χ3v) is 9.73. The summed E-state index contributed by atoms with van der Waals surface area (Å²) in [6, 6.07) is 19.2. The summed E-state index contributed by atoms with van der Waals surface area (Å²) in [6.07, 6.45) is 10.7. The number of rotatable bonds is 18. The van der Waals surface area contributed by atoms with E-state index in [9.17, 15) is 33.9 Å². The van der Waals surface area contributed by atoms with Crippen LogP contribution in [0.3, 0.4) is 0 Å². The van der Waals surface area contributed by atoms with Gasteiger partial charge in [-0.15, -0.1) is 0 Å². The predicted octanol–water partition coefficient (Wildman–Crippen LogP) is 6.12. The van der Waals surface area contributed by atoms with Crippen LogP contribution in [-0.4, -0.2) is 75.4 Å². The van der Waals surface area contributed by atoms with Gasteiger partial charge >= 0.3 is 12.1 Å². The van der Waals surface area contributed by atoms with E-state index in [0.717, 1.165) is 67.9 Å². The van der Waals surface area contributed by atoms with Crippen molar-refractivity contribution in [3.8, 4) is 0 Å². The van der Waals surface area contributed by atoms with Gasteiger partial charge in [-0.05, 0) is 49.4 Å². The maximum absolute atomic E-state index is 14.0. The smallest absolute Gasteiger partial charge is 0.410 e. The Balaban J connectivity index is 1.07. The van der Waals surface area contributed by atoms with Gasteiger partial charge in [0.05, 0.1) is 22.7 Å². The Labute approximate surface area is 304 Å². The minimum Gasteiger partial charge on any atom is -0.480 e. The Morgan fingerprint density at radius 3 is 2.04 bits per heavy atom. The molecular formula is C40H48N4O8. The molecule has 5 rings (SSSR count). The maximum atomic E-state index is 14.0. The fourth-order valence-electron chi connectivity index (χ4n) is 6.91. The van der Waals surface area contributed by atoms with Crippen molar-refractivity contribution < 1.29 is 33.8 Å². The first kappa shape index (κ1) is 38.0. The topological polar surface area (TPSA) is 147 Å². The molecule has 1 saturated heterocycles. The number of fused-ring (bicyclic) bond motifs is 1. The second-order valence-electron chi connectivity index (χ2n) is 13.6. The number of nitrogens with zero attached hydrogens (tertiary/aromatic N) is 4. The van der Waals surface area contributed by atoms with E-state index in [1.165, 1.54) is 17.2 Å². The van der Waals surface area contributed by atoms with Crippen molar-refractivity contribution in [1.82, 2.24) is 14.4 Å². The van der Waals surface area contributed by atoms with Crippen molar-refractivity contribution in [3.63, 3.8) is 0 Å². The highest BCUT2D eigenvalue weighted by Gasteiger charge is 2.35. The molecule has 3 heterocycles. The number of imide groups is 1. The lowest BCUT2D eigenvalue weighted by atomic mass is 9.96. The molecule has 12 nitrogen and oxygen atoms in total. The van der Waals surface area contributed by atoms with Crippen molar-refractivity contribution in [3.05, 3.63) is 100.0 Å². The lowest BCUT2D eigenvalue weighted by Gasteiger charge is -2.34. The average molecular weight is 713 g/mol. The number of unbranched alkanes of at least 4 members (excludes halogenated alkanes) is 8. The Bertz CT molecular complexity index is 1740. The van der Waals surface area contributed by atoms with Crippen molar-refractivity contribution >= 4 is 35.5 Å². The minimum atomic E-state index is -1.16. The molecule has 52 heavy (non-hydrogen) atoms. The van der Waals surface area contributed by atoms with Crippen LogP contribution in [0, 0.1) is 5.92 Å². The summed E-state index contributed by atoms with van der Waals surface area (Å²) in [7, 11) is 0. The lowest BCUT2D eigenvalue weighted by molar-refractivity contribution is -0.137. The zero-order chi connectivity index (χ0) is 36.9. The van der Waals surface area contributed by atoms with Gasteiger partial charge < -0.3 is 24.2 Å². The van der Waals surface area contributed by atoms with Crippen LogP contribution in [0.1, 0.15) is 96.9 Å². The molecule has 0 bridgehead atoms. The molecule has 1 unspecified atom stereocenters. The molecule has 1 N–H and O–H groups in total. The van der Waals surface area contributed by atoms with Gasteiger partial charge in [0.15, 0.2) is 0 Å². The first-order valence-corrected chi connectivity index (χ1v) is 18.4. The van der Waals surface area contributed by atoms with E-state index >= 15 is 0 Å². The number of likely N-dealkylation sites (tertiary alicyclic amines) is 1. The van der Waals surface area contributed by atoms with E-state index in [4.69, 9.17) is 4.74 Å². The first-order valence-electron chi connectivity index (χ1n) is 18.4. The summed E-state index contributed by atoms with van der Waals surface area (Å²) in [4.78, 5) is 80.3. The highest BCUT2D eigenvalue weighted by molar-refractivity contribution is 6.21. The molecule has 1 atom stereocenters. The number of piperidine rings is 1. The van der Waals surface area contributed by atoms with Gasteiger partial charge in [-0.25, -0.2) is 4.79 Å². The summed E-state index contributed by atoms with van der Waals surface area (Å²) in [6.45, 7) is 1.18. The van der Waals surface area contributed by atoms with Gasteiger partial charge in [-0.2, -0.15) is 0 Å². The number of amides is 4. The zero-order valence-electron chi connectivity index (χ0n) is 29.6. The van der Waals surface area contributed by atoms with E-state index in [1.54, 1.807) is 40.1 Å². The molecule has 4 amide bonds. The number of carbonyl (C=O) groups excluding carboxylic acids is 4. The van der Waals surface area contributed by atoms with Crippen LogP contribution in [0.25, 0.3) is 0 Å². The first-order chi connectivity index (χ1) is 25.2. The number of pyridine rings is 1. The van der Waals surface area contributed by atoms with Crippen molar-refractivity contribution in [2.24, 2.45) is 5.92 Å². The summed E-state index contributed by atoms with van der Waals surface area (Å²) < 4.78 is 6.62. The second kappa shape index (κ2) is 18.8. The number of carboxylic acids is 1. The van der Waals surface area contributed by atoms with Gasteiger partial charge in [-0.1, -0.05) is 87.4 Å². The molecule has 2 aromatic carbocycles. The molecule has 1 aromatic heterocycles. The number of hydrogen-bond donors (Lipinski definition) is 1. The standard InChI is InChI=1S/C40H48N4O8/c45-35-22-21-32(27-42(35)28-36(46)47)43(37(48)31-18-15-23-41(26-31)40(51)52-29-30-16-9-8-10-17-30)24-13-6-4-2-1-3-5-7-14-25-44-38(49)33-19-11-12-20-34(33)39(44)50/h8-12,16-17,19-22,27,31H,1-7,13-15,18,23-26,28-29H2,(H,46,47). The third kappa shape index (κ3) is 10.2. The van der Waals surface area contributed by atoms with Crippen LogP contribution in [0.4, 0.5) is 10.5 Å². The Kier molecular flexibility index (Phi) is 13.7. The SMILES string of the molecule is O=C(O)Cn1cc(N(CCCCCCCCCCCN2C(=O)c3ccccc3C2=O)C(=O)C2CCCN(C(=O)OCc3ccccc3)C2)ccc1=O. The van der Waals surface area contributed by atoms with E-state index in [1.807, 2.05) is 30.3 Å². The zero-order valence-corrected chi connectivity index (χ0v) is 29.6. The molecule has 0 aliphatic carbocycles. The summed E-state index contributed by atoms with van der Waals surface area (Å²) in [5, 5.41) is 9.31. The van der Waals surface area contributed by atoms with Crippen LogP contribution < -0.4 is 10.5 Å². The molecule has 276 valence electrons. The van der Waals surface area contributed by atoms with E-state index in [-0.39, 0.29) is 30.9 Å². The van der Waals surface area contributed by atoms with Crippen LogP contribution in [0.2, 0.25) is 0 Å². The molecule has 2 aliphatic rings. The van der Waals surface area contributed by atoms with Crippen LogP contribution in [0.5, 0.6) is 0 Å². The van der Waals surface area contributed by atoms with E-state index in [0.29, 0.717) is 49.3 Å². The van der Waals surface area contributed by atoms with Crippen molar-refractivity contribution in [1.29, 1.82) is 0 Å². The molecule has 3 aromatic rings. The maximum Gasteiger partial charge on any atom is 0.410 e. The van der Waals surface area contributed by atoms with Crippen LogP contribution in [-0.2, 0) is 27.5 Å². The predicted molar refractivity (Wildman–Crippen MR) is 195 cm³/mol. The van der Waals surface area contributed by atoms with Gasteiger partial charge in [-0.3, -0.25) is 28.9 Å². The fourth-order valence-corrected chi connectivity index (χ4v) is 6.91. The summed E-state index contributed by atoms with van der Waals surface area (Å²) >= 11 is 0. The largest absolute Gasteiger partial charge is 0.480 e. The number of carbonyl (C=O) groups is 5. The molecule has 2 aliphatic heterocycles. The Morgan fingerprint density at radius 2 is 1.38 bits per heavy atom. The molecular weight excluding hydrogens is 664 g/mol. The summed E-state index contributed by atoms with van der Waals surface area (Å²) in [5.41, 5.74) is 1.84. The minimum absolute atomic E-state index is 0.144. The lowest BCUT2D eigenvalue weighted by Crippen LogP contribution is -2.47. The van der Waals surface area contributed by atoms with E-state index in [2.05, 4.69) is 0 Å². The van der Waals surface area contributed by atoms with Crippen molar-refractivity contribution in [2.45, 2.75) is 83.8 Å². The molecule has 1 fully saturated rings. The van der Waals surface area contributed by atoms with Gasteiger partial charge in [0.2, 0.25) is 5.91 Å². The number of hydrogen-bond acceptors (Lipinski definition) is 7. The Morgan fingerprint density at radius 1 is 0.769 bits per heavy atom. The third-order valence-electron chi connectivity index (χ3n) is 9.73. The van der Waals surface area contributed by atoms with Crippen LogP contribution >= 0.6 is 0 Å². The molecule has 12 heteroatoms. The molecule has 0 saturated carbocycles. The van der Waals surface area contributed by atoms with Gasteiger partial charge in [0, 0.05) is 38.4 Å². The number of carboxylic acid groups (broad SMARTS) is 1. The number of benzene rings is 2. The van der Waals surface area contributed by atoms with Gasteiger partial charge in [0.25, 0.3) is 17.4 Å². The van der Waals surface area contributed by atoms with Crippen LogP contribution in [0.15, 0.2) is 77.7 Å². The average Bonchev–Trinajstić information content (AvgIpc) is 3.40. The number of aromatic nitrogens is 1. The Hall–Kier alpha value is -5.26. The highest BCUT2D eigenvalue weighted by atomic mass is 16.6. The van der Waals surface area contributed by atoms with E-state index < -0.39 is 30.1 Å². The monoisotopic (exact) mass is 712 g/mol. The molecule has 0 spiro atoms. The number of aliphatic carboxylic acids is 1. The number of ether oxygens (including phenoxy) is 1. The normalized spacial score (nSPS) is 15.4. The molecule has 0 radical (unpaired) electrons. The number of anilines is 1. The quantitative estimate of drug-likeness (QED) is 0.123. The highest BCUT2D eigenvalue weighted by Crippen LogP contribution is 2.25. The van der Waals surface area contributed by atoms with Gasteiger partial charge in [0.1, 0.15) is 13.2 Å². The summed E-state index contributed by atoms with van der Waals surface area (Å²) in [5.74, 6) is -2.19.